The topological polar surface area (TPSA) is 43.2 Å². The molecule has 2 aromatic rings. The smallest absolute Gasteiger partial charge is 0.159 e. The zero-order valence-corrected chi connectivity index (χ0v) is 9.68. The van der Waals surface area contributed by atoms with Crippen molar-refractivity contribution in [1.82, 2.24) is 14.8 Å². The van der Waals surface area contributed by atoms with E-state index >= 15 is 0 Å². The first-order valence-corrected chi connectivity index (χ1v) is 5.57. The summed E-state index contributed by atoms with van der Waals surface area (Å²) in [5.41, 5.74) is -0.0215. The number of rotatable bonds is 3. The van der Waals surface area contributed by atoms with Gasteiger partial charge in [0.2, 0.25) is 0 Å². The van der Waals surface area contributed by atoms with E-state index in [1.807, 2.05) is 6.92 Å². The van der Waals surface area contributed by atoms with Crippen LogP contribution in [0.15, 0.2) is 30.9 Å². The quantitative estimate of drug-likeness (QED) is 0.782. The SMILES string of the molecule is C[C@@H]1O[C@@]1(Cn1cncn1)c1ccc(F)c(F)c1. The molecule has 0 spiro atoms. The highest BCUT2D eigenvalue weighted by Gasteiger charge is 2.55. The van der Waals surface area contributed by atoms with Gasteiger partial charge in [0.05, 0.1) is 12.6 Å². The summed E-state index contributed by atoms with van der Waals surface area (Å²) in [5, 5.41) is 4.00. The highest BCUT2D eigenvalue weighted by molar-refractivity contribution is 5.30. The Kier molecular flexibility index (Phi) is 2.41. The molecule has 6 heteroatoms. The molecule has 3 rings (SSSR count). The number of hydrogen-bond acceptors (Lipinski definition) is 3. The average Bonchev–Trinajstić information content (AvgIpc) is 2.77. The minimum Gasteiger partial charge on any atom is -0.359 e. The van der Waals surface area contributed by atoms with Gasteiger partial charge in [-0.3, -0.25) is 0 Å². The molecule has 0 unspecified atom stereocenters. The van der Waals surface area contributed by atoms with Crippen molar-refractivity contribution in [3.05, 3.63) is 48.1 Å². The van der Waals surface area contributed by atoms with E-state index in [1.165, 1.54) is 12.4 Å². The zero-order chi connectivity index (χ0) is 12.8. The lowest BCUT2D eigenvalue weighted by Crippen LogP contribution is -2.20. The summed E-state index contributed by atoms with van der Waals surface area (Å²) >= 11 is 0. The molecular formula is C12H11F2N3O. The summed E-state index contributed by atoms with van der Waals surface area (Å²) in [4.78, 5) is 3.85. The lowest BCUT2D eigenvalue weighted by Gasteiger charge is -2.13. The fourth-order valence-electron chi connectivity index (χ4n) is 2.16. The molecule has 0 radical (unpaired) electrons. The average molecular weight is 251 g/mol. The molecule has 0 aliphatic carbocycles. The van der Waals surface area contributed by atoms with Crippen LogP contribution in [0.3, 0.4) is 0 Å². The van der Waals surface area contributed by atoms with Gasteiger partial charge in [0.25, 0.3) is 0 Å². The maximum absolute atomic E-state index is 13.3. The zero-order valence-electron chi connectivity index (χ0n) is 9.68. The highest BCUT2D eigenvalue weighted by Crippen LogP contribution is 2.47. The summed E-state index contributed by atoms with van der Waals surface area (Å²) in [6.45, 7) is 2.32. The Balaban J connectivity index is 1.94. The van der Waals surface area contributed by atoms with E-state index in [0.717, 1.165) is 6.07 Å². The van der Waals surface area contributed by atoms with E-state index in [9.17, 15) is 8.78 Å². The van der Waals surface area contributed by atoms with E-state index in [-0.39, 0.29) is 6.10 Å². The van der Waals surface area contributed by atoms with Gasteiger partial charge >= 0.3 is 0 Å². The van der Waals surface area contributed by atoms with E-state index in [4.69, 9.17) is 4.74 Å². The molecule has 94 valence electrons. The minimum absolute atomic E-state index is 0.0634. The molecule has 1 aromatic heterocycles. The molecule has 4 nitrogen and oxygen atoms in total. The predicted octanol–water partition coefficient (Wildman–Crippen LogP) is 1.87. The second-order valence-electron chi connectivity index (χ2n) is 4.37. The lowest BCUT2D eigenvalue weighted by atomic mass is 9.95. The lowest BCUT2D eigenvalue weighted by molar-refractivity contribution is 0.262. The first-order chi connectivity index (χ1) is 8.62. The normalized spacial score (nSPS) is 26.3. The monoisotopic (exact) mass is 251 g/mol. The Morgan fingerprint density at radius 1 is 1.39 bits per heavy atom. The summed E-state index contributed by atoms with van der Waals surface area (Å²) in [6, 6.07) is 3.83. The van der Waals surface area contributed by atoms with Gasteiger partial charge in [-0.05, 0) is 24.6 Å². The Bertz CT molecular complexity index is 573. The predicted molar refractivity (Wildman–Crippen MR) is 58.6 cm³/mol. The second-order valence-corrected chi connectivity index (χ2v) is 4.37. The maximum atomic E-state index is 13.3. The Morgan fingerprint density at radius 3 is 2.72 bits per heavy atom. The molecule has 2 atom stereocenters. The molecule has 1 fully saturated rings. The van der Waals surface area contributed by atoms with E-state index in [1.54, 1.807) is 17.1 Å². The fourth-order valence-corrected chi connectivity index (χ4v) is 2.16. The standard InChI is InChI=1S/C12H11F2N3O/c1-8-12(18-8,5-17-7-15-6-16-17)9-2-3-10(13)11(14)4-9/h2-4,6-8H,5H2,1H3/t8-,12+/m0/s1. The molecule has 0 N–H and O–H groups in total. The number of nitrogens with zero attached hydrogens (tertiary/aromatic N) is 3. The summed E-state index contributed by atoms with van der Waals surface area (Å²) < 4.78 is 33.4. The van der Waals surface area contributed by atoms with Crippen molar-refractivity contribution in [2.45, 2.75) is 25.2 Å². The van der Waals surface area contributed by atoms with Gasteiger partial charge in [-0.15, -0.1) is 0 Å². The third-order valence-corrected chi connectivity index (χ3v) is 3.26. The van der Waals surface area contributed by atoms with Crippen LogP contribution in [0, 0.1) is 11.6 Å². The van der Waals surface area contributed by atoms with Crippen LogP contribution >= 0.6 is 0 Å². The molecule has 2 heterocycles. The van der Waals surface area contributed by atoms with Gasteiger partial charge < -0.3 is 4.74 Å². The van der Waals surface area contributed by atoms with Crippen LogP contribution in [0.1, 0.15) is 12.5 Å². The molecule has 1 saturated heterocycles. The van der Waals surface area contributed by atoms with Crippen molar-refractivity contribution in [3.63, 3.8) is 0 Å². The molecule has 1 aliphatic heterocycles. The van der Waals surface area contributed by atoms with E-state index in [0.29, 0.717) is 12.1 Å². The third kappa shape index (κ3) is 1.69. The van der Waals surface area contributed by atoms with Crippen LogP contribution in [0.2, 0.25) is 0 Å². The van der Waals surface area contributed by atoms with Gasteiger partial charge in [-0.2, -0.15) is 5.10 Å². The van der Waals surface area contributed by atoms with Crippen molar-refractivity contribution in [2.24, 2.45) is 0 Å². The molecule has 1 aromatic carbocycles. The number of hydrogen-bond donors (Lipinski definition) is 0. The van der Waals surface area contributed by atoms with Gasteiger partial charge in [-0.25, -0.2) is 18.4 Å². The Labute approximate surface area is 102 Å². The molecule has 18 heavy (non-hydrogen) atoms. The maximum Gasteiger partial charge on any atom is 0.159 e. The van der Waals surface area contributed by atoms with Crippen molar-refractivity contribution in [3.8, 4) is 0 Å². The molecule has 0 bridgehead atoms. The highest BCUT2D eigenvalue weighted by atomic mass is 19.2. The largest absolute Gasteiger partial charge is 0.359 e. The van der Waals surface area contributed by atoms with E-state index < -0.39 is 17.2 Å². The first-order valence-electron chi connectivity index (χ1n) is 5.57. The van der Waals surface area contributed by atoms with Gasteiger partial charge in [-0.1, -0.05) is 6.07 Å². The van der Waals surface area contributed by atoms with Crippen LogP contribution in [-0.4, -0.2) is 20.9 Å². The fraction of sp³-hybridized carbons (Fsp3) is 0.333. The summed E-state index contributed by atoms with van der Waals surface area (Å²) in [5.74, 6) is -1.73. The van der Waals surface area contributed by atoms with E-state index in [2.05, 4.69) is 10.1 Å². The number of benzene rings is 1. The van der Waals surface area contributed by atoms with Crippen LogP contribution in [-0.2, 0) is 16.9 Å². The Morgan fingerprint density at radius 2 is 2.17 bits per heavy atom. The van der Waals surface area contributed by atoms with Gasteiger partial charge in [0.1, 0.15) is 18.3 Å². The number of halogens is 2. The third-order valence-electron chi connectivity index (χ3n) is 3.26. The number of aromatic nitrogens is 3. The van der Waals surface area contributed by atoms with Crippen LogP contribution in [0.25, 0.3) is 0 Å². The molecule has 0 saturated carbocycles. The van der Waals surface area contributed by atoms with Crippen molar-refractivity contribution in [1.29, 1.82) is 0 Å². The first kappa shape index (κ1) is 11.3. The summed E-state index contributed by atoms with van der Waals surface area (Å²) in [7, 11) is 0. The van der Waals surface area contributed by atoms with Crippen molar-refractivity contribution >= 4 is 0 Å². The summed E-state index contributed by atoms with van der Waals surface area (Å²) in [6.07, 6.45) is 2.92. The molecular weight excluding hydrogens is 240 g/mol. The van der Waals surface area contributed by atoms with Crippen LogP contribution in [0.5, 0.6) is 0 Å². The van der Waals surface area contributed by atoms with Crippen LogP contribution in [0.4, 0.5) is 8.78 Å². The molecule has 0 amide bonds. The van der Waals surface area contributed by atoms with Gasteiger partial charge in [0, 0.05) is 0 Å². The second kappa shape index (κ2) is 3.84. The number of ether oxygens (including phenoxy) is 1. The van der Waals surface area contributed by atoms with Crippen molar-refractivity contribution < 1.29 is 13.5 Å². The molecule has 1 aliphatic rings. The van der Waals surface area contributed by atoms with Crippen molar-refractivity contribution in [2.75, 3.05) is 0 Å². The number of epoxide rings is 1. The van der Waals surface area contributed by atoms with Gasteiger partial charge in [0.15, 0.2) is 11.6 Å². The van der Waals surface area contributed by atoms with Crippen LogP contribution < -0.4 is 0 Å². The Hall–Kier alpha value is -1.82. The minimum atomic E-state index is -0.867.